The quantitative estimate of drug-likeness (QED) is 0.643. The number of fused-ring (bicyclic) bond motifs is 1. The molecule has 3 aromatic rings. The molecule has 0 amide bonds. The van der Waals surface area contributed by atoms with Crippen LogP contribution in [0.25, 0.3) is 10.9 Å². The number of carboxylic acids is 1. The number of rotatable bonds is 5. The van der Waals surface area contributed by atoms with Crippen LogP contribution in [0.2, 0.25) is 10.0 Å². The van der Waals surface area contributed by atoms with Gasteiger partial charge in [-0.1, -0.05) is 53.5 Å². The Kier molecular flexibility index (Phi) is 4.70. The number of Topliss-reactive ketones (excluding diaryl/α,β-unsaturated/α-hetero) is 1. The smallest absolute Gasteiger partial charge is 0.354 e. The molecule has 2 N–H and O–H groups in total. The van der Waals surface area contributed by atoms with Crippen LogP contribution in [0.1, 0.15) is 20.8 Å². The second-order valence-corrected chi connectivity index (χ2v) is 6.45. The Morgan fingerprint density at radius 1 is 1.16 bits per heavy atom. The lowest BCUT2D eigenvalue weighted by Crippen LogP contribution is -2.27. The Morgan fingerprint density at radius 3 is 2.48 bits per heavy atom. The van der Waals surface area contributed by atoms with Gasteiger partial charge in [0.1, 0.15) is 5.69 Å². The molecule has 0 saturated heterocycles. The number of aromatic amines is 1. The minimum atomic E-state index is -1.14. The highest BCUT2D eigenvalue weighted by molar-refractivity contribution is 6.40. The molecule has 0 atom stereocenters. The first-order valence-corrected chi connectivity index (χ1v) is 8.17. The van der Waals surface area contributed by atoms with Gasteiger partial charge in [-0.3, -0.25) is 4.79 Å². The zero-order valence-corrected chi connectivity index (χ0v) is 14.7. The van der Waals surface area contributed by atoms with Gasteiger partial charge in [0.2, 0.25) is 0 Å². The lowest BCUT2D eigenvalue weighted by atomic mass is 10.1. The highest BCUT2D eigenvalue weighted by Gasteiger charge is 2.24. The van der Waals surface area contributed by atoms with Crippen molar-refractivity contribution >= 4 is 51.5 Å². The molecular formula is C18H14Cl2N2O3. The molecule has 2 aromatic carbocycles. The molecule has 3 rings (SSSR count). The van der Waals surface area contributed by atoms with Gasteiger partial charge in [-0.05, 0) is 12.1 Å². The number of benzene rings is 2. The van der Waals surface area contributed by atoms with Crippen LogP contribution in [0.5, 0.6) is 0 Å². The SMILES string of the molecule is CN(CC(=O)c1ccccc1)c1c(C(=O)O)[nH]c2cc(Cl)cc(Cl)c12. The van der Waals surface area contributed by atoms with E-state index in [1.807, 2.05) is 6.07 Å². The van der Waals surface area contributed by atoms with E-state index in [1.54, 1.807) is 48.3 Å². The van der Waals surface area contributed by atoms with E-state index in [-0.39, 0.29) is 18.0 Å². The number of carbonyl (C=O) groups excluding carboxylic acids is 1. The third-order valence-electron chi connectivity index (χ3n) is 3.86. The first-order valence-electron chi connectivity index (χ1n) is 7.42. The summed E-state index contributed by atoms with van der Waals surface area (Å²) in [5, 5.41) is 10.7. The van der Waals surface area contributed by atoms with Gasteiger partial charge in [-0.25, -0.2) is 4.79 Å². The van der Waals surface area contributed by atoms with Crippen LogP contribution in [0.3, 0.4) is 0 Å². The highest BCUT2D eigenvalue weighted by atomic mass is 35.5. The number of aromatic nitrogens is 1. The molecule has 0 fully saturated rings. The number of anilines is 1. The van der Waals surface area contributed by atoms with Gasteiger partial charge in [0, 0.05) is 23.0 Å². The van der Waals surface area contributed by atoms with E-state index < -0.39 is 5.97 Å². The van der Waals surface area contributed by atoms with Crippen LogP contribution >= 0.6 is 23.2 Å². The molecule has 7 heteroatoms. The maximum absolute atomic E-state index is 12.5. The fourth-order valence-corrected chi connectivity index (χ4v) is 3.36. The van der Waals surface area contributed by atoms with Crippen molar-refractivity contribution in [3.05, 3.63) is 63.8 Å². The molecule has 1 heterocycles. The van der Waals surface area contributed by atoms with E-state index in [4.69, 9.17) is 23.2 Å². The highest BCUT2D eigenvalue weighted by Crippen LogP contribution is 2.37. The van der Waals surface area contributed by atoms with Crippen LogP contribution in [0.4, 0.5) is 5.69 Å². The van der Waals surface area contributed by atoms with Crippen molar-refractivity contribution in [1.82, 2.24) is 4.98 Å². The average Bonchev–Trinajstić information content (AvgIpc) is 2.95. The standard InChI is InChI=1S/C18H14Cl2N2O3/c1-22(9-14(23)10-5-3-2-4-6-10)17-15-12(20)7-11(19)8-13(15)21-16(17)18(24)25/h2-8,21H,9H2,1H3,(H,24,25). The van der Waals surface area contributed by atoms with Crippen molar-refractivity contribution in [1.29, 1.82) is 0 Å². The molecule has 0 aliphatic heterocycles. The van der Waals surface area contributed by atoms with Gasteiger partial charge in [0.25, 0.3) is 0 Å². The van der Waals surface area contributed by atoms with Crippen LogP contribution in [-0.2, 0) is 0 Å². The van der Waals surface area contributed by atoms with Gasteiger partial charge in [-0.15, -0.1) is 0 Å². The van der Waals surface area contributed by atoms with E-state index in [2.05, 4.69) is 4.98 Å². The molecule has 1 aromatic heterocycles. The van der Waals surface area contributed by atoms with Crippen molar-refractivity contribution in [3.63, 3.8) is 0 Å². The largest absolute Gasteiger partial charge is 0.477 e. The van der Waals surface area contributed by atoms with E-state index >= 15 is 0 Å². The number of nitrogens with one attached hydrogen (secondary N) is 1. The molecule has 0 bridgehead atoms. The Bertz CT molecular complexity index is 967. The predicted molar refractivity (Wildman–Crippen MR) is 99.3 cm³/mol. The lowest BCUT2D eigenvalue weighted by molar-refractivity contribution is 0.0691. The summed E-state index contributed by atoms with van der Waals surface area (Å²) in [4.78, 5) is 28.5. The summed E-state index contributed by atoms with van der Waals surface area (Å²) in [5.74, 6) is -1.27. The van der Waals surface area contributed by atoms with Gasteiger partial charge < -0.3 is 15.0 Å². The maximum Gasteiger partial charge on any atom is 0.354 e. The summed E-state index contributed by atoms with van der Waals surface area (Å²) >= 11 is 12.3. The number of hydrogen-bond donors (Lipinski definition) is 2. The summed E-state index contributed by atoms with van der Waals surface area (Å²) in [6.45, 7) is 0.0101. The third-order valence-corrected chi connectivity index (χ3v) is 4.38. The number of ketones is 1. The van der Waals surface area contributed by atoms with Crippen molar-refractivity contribution < 1.29 is 14.7 Å². The summed E-state index contributed by atoms with van der Waals surface area (Å²) in [6, 6.07) is 12.0. The molecule has 5 nitrogen and oxygen atoms in total. The zero-order valence-electron chi connectivity index (χ0n) is 13.2. The van der Waals surface area contributed by atoms with Gasteiger partial charge >= 0.3 is 5.97 Å². The number of likely N-dealkylation sites (N-methyl/N-ethyl adjacent to an activating group) is 1. The molecule has 0 aliphatic rings. The lowest BCUT2D eigenvalue weighted by Gasteiger charge is -2.19. The summed E-state index contributed by atoms with van der Waals surface area (Å²) in [7, 11) is 1.65. The number of nitrogens with zero attached hydrogens (tertiary/aromatic N) is 1. The van der Waals surface area contributed by atoms with Crippen molar-refractivity contribution in [3.8, 4) is 0 Å². The van der Waals surface area contributed by atoms with Crippen LogP contribution in [0, 0.1) is 0 Å². The fourth-order valence-electron chi connectivity index (χ4n) is 2.78. The Balaban J connectivity index is 2.06. The second-order valence-electron chi connectivity index (χ2n) is 5.61. The van der Waals surface area contributed by atoms with Crippen LogP contribution in [0.15, 0.2) is 42.5 Å². The second kappa shape index (κ2) is 6.78. The van der Waals surface area contributed by atoms with Crippen molar-refractivity contribution in [2.45, 2.75) is 0 Å². The zero-order chi connectivity index (χ0) is 18.1. The van der Waals surface area contributed by atoms with E-state index in [1.165, 1.54) is 0 Å². The van der Waals surface area contributed by atoms with Gasteiger partial charge in [0.15, 0.2) is 5.78 Å². The molecule has 0 saturated carbocycles. The number of carboxylic acid groups (broad SMARTS) is 1. The number of H-pyrrole nitrogens is 1. The first-order chi connectivity index (χ1) is 11.9. The molecule has 0 radical (unpaired) electrons. The Labute approximate surface area is 153 Å². The molecule has 0 aliphatic carbocycles. The van der Waals surface area contributed by atoms with Crippen LogP contribution < -0.4 is 4.90 Å². The number of aromatic carboxylic acids is 1. The normalized spacial score (nSPS) is 10.8. The predicted octanol–water partition coefficient (Wildman–Crippen LogP) is 4.49. The molecule has 25 heavy (non-hydrogen) atoms. The molecular weight excluding hydrogens is 363 g/mol. The first kappa shape index (κ1) is 17.3. The van der Waals surface area contributed by atoms with Gasteiger partial charge in [-0.2, -0.15) is 0 Å². The number of carbonyl (C=O) groups is 2. The van der Waals surface area contributed by atoms with Crippen molar-refractivity contribution in [2.24, 2.45) is 0 Å². The van der Waals surface area contributed by atoms with E-state index in [0.29, 0.717) is 32.2 Å². The Morgan fingerprint density at radius 2 is 1.84 bits per heavy atom. The maximum atomic E-state index is 12.5. The minimum Gasteiger partial charge on any atom is -0.477 e. The van der Waals surface area contributed by atoms with E-state index in [0.717, 1.165) is 0 Å². The molecule has 128 valence electrons. The third kappa shape index (κ3) is 3.34. The summed E-state index contributed by atoms with van der Waals surface area (Å²) in [5.41, 5.74) is 1.38. The summed E-state index contributed by atoms with van der Waals surface area (Å²) < 4.78 is 0. The van der Waals surface area contributed by atoms with Gasteiger partial charge in [0.05, 0.1) is 22.8 Å². The number of hydrogen-bond acceptors (Lipinski definition) is 3. The minimum absolute atomic E-state index is 0.0101. The molecule has 0 unspecified atom stereocenters. The monoisotopic (exact) mass is 376 g/mol. The Hall–Kier alpha value is -2.50. The van der Waals surface area contributed by atoms with E-state index in [9.17, 15) is 14.7 Å². The summed E-state index contributed by atoms with van der Waals surface area (Å²) in [6.07, 6.45) is 0. The number of halogens is 2. The average molecular weight is 377 g/mol. The fraction of sp³-hybridized carbons (Fsp3) is 0.111. The topological polar surface area (TPSA) is 73.4 Å². The van der Waals surface area contributed by atoms with Crippen LogP contribution in [-0.4, -0.2) is 35.4 Å². The van der Waals surface area contributed by atoms with Crippen molar-refractivity contribution in [2.75, 3.05) is 18.5 Å². The molecule has 0 spiro atoms.